The maximum absolute atomic E-state index is 12.4. The van der Waals surface area contributed by atoms with Crippen molar-refractivity contribution in [3.8, 4) is 0 Å². The van der Waals surface area contributed by atoms with Crippen LogP contribution in [0, 0.1) is 3.95 Å². The van der Waals surface area contributed by atoms with Crippen LogP contribution in [0.1, 0.15) is 28.1 Å². The predicted octanol–water partition coefficient (Wildman–Crippen LogP) is 3.01. The number of thiazole rings is 1. The molecule has 1 aromatic carbocycles. The fourth-order valence-corrected chi connectivity index (χ4v) is 4.05. The topological polar surface area (TPSA) is 69.3 Å². The van der Waals surface area contributed by atoms with E-state index in [0.717, 1.165) is 25.9 Å². The molecule has 2 aromatic rings. The van der Waals surface area contributed by atoms with E-state index in [0.29, 0.717) is 27.7 Å². The van der Waals surface area contributed by atoms with E-state index < -0.39 is 0 Å². The molecule has 24 heavy (non-hydrogen) atoms. The van der Waals surface area contributed by atoms with Gasteiger partial charge in [-0.15, -0.1) is 0 Å². The Balaban J connectivity index is 1.61. The highest BCUT2D eigenvalue weighted by Gasteiger charge is 2.21. The molecule has 1 fully saturated rings. The van der Waals surface area contributed by atoms with Gasteiger partial charge in [0.25, 0.3) is 5.91 Å². The number of rotatable bonds is 6. The number of anilines is 1. The fourth-order valence-electron chi connectivity index (χ4n) is 2.79. The third-order valence-corrected chi connectivity index (χ3v) is 5.56. The Morgan fingerprint density at radius 3 is 2.92 bits per heavy atom. The van der Waals surface area contributed by atoms with E-state index in [4.69, 9.17) is 22.7 Å². The third kappa shape index (κ3) is 4.03. The molecule has 0 radical (unpaired) electrons. The number of ether oxygens (including phenoxy) is 1. The number of aromatic nitrogens is 1. The summed E-state index contributed by atoms with van der Waals surface area (Å²) < 4.78 is 8.07. The van der Waals surface area contributed by atoms with Gasteiger partial charge in [0.2, 0.25) is 0 Å². The van der Waals surface area contributed by atoms with Gasteiger partial charge in [-0.05, 0) is 37.0 Å². The van der Waals surface area contributed by atoms with Crippen molar-refractivity contribution in [1.29, 1.82) is 0 Å². The van der Waals surface area contributed by atoms with Crippen LogP contribution in [0.15, 0.2) is 30.3 Å². The predicted molar refractivity (Wildman–Crippen MR) is 99.0 cm³/mol. The summed E-state index contributed by atoms with van der Waals surface area (Å²) in [6.07, 6.45) is 3.00. The standard InChI is InChI=1S/C17H21N3O2S2/c18-15-14(16(21)19-9-8-12-5-2-1-3-6-12)24-17(23)20(15)11-13-7-4-10-22-13/h1-3,5-6,13H,4,7-11,18H2,(H,19,21)/t13-/m1/s1. The summed E-state index contributed by atoms with van der Waals surface area (Å²) in [5.74, 6) is 0.281. The minimum Gasteiger partial charge on any atom is -0.384 e. The third-order valence-electron chi connectivity index (χ3n) is 4.09. The molecule has 0 unspecified atom stereocenters. The molecule has 1 aliphatic heterocycles. The molecule has 1 aliphatic rings. The van der Waals surface area contributed by atoms with Gasteiger partial charge in [0.15, 0.2) is 3.95 Å². The number of carbonyl (C=O) groups is 1. The van der Waals surface area contributed by atoms with Crippen LogP contribution in [0.25, 0.3) is 0 Å². The van der Waals surface area contributed by atoms with Gasteiger partial charge in [0.05, 0.1) is 12.6 Å². The van der Waals surface area contributed by atoms with Crippen molar-refractivity contribution in [2.75, 3.05) is 18.9 Å². The molecule has 0 spiro atoms. The maximum atomic E-state index is 12.4. The normalized spacial score (nSPS) is 17.1. The zero-order valence-electron chi connectivity index (χ0n) is 13.4. The zero-order valence-corrected chi connectivity index (χ0v) is 15.0. The number of benzene rings is 1. The van der Waals surface area contributed by atoms with Crippen molar-refractivity contribution in [1.82, 2.24) is 9.88 Å². The van der Waals surface area contributed by atoms with E-state index in [-0.39, 0.29) is 12.0 Å². The number of amides is 1. The zero-order chi connectivity index (χ0) is 16.9. The maximum Gasteiger partial charge on any atom is 0.265 e. The van der Waals surface area contributed by atoms with E-state index >= 15 is 0 Å². The molecule has 2 heterocycles. The second kappa shape index (κ2) is 7.92. The van der Waals surface area contributed by atoms with Crippen molar-refractivity contribution in [2.45, 2.75) is 31.9 Å². The molecule has 1 aromatic heterocycles. The molecular weight excluding hydrogens is 342 g/mol. The number of nitrogens with one attached hydrogen (secondary N) is 1. The first-order valence-electron chi connectivity index (χ1n) is 8.08. The average molecular weight is 364 g/mol. The van der Waals surface area contributed by atoms with Crippen LogP contribution in [-0.2, 0) is 17.7 Å². The number of nitrogens with zero attached hydrogens (tertiary/aromatic N) is 1. The quantitative estimate of drug-likeness (QED) is 0.774. The minimum absolute atomic E-state index is 0.141. The smallest absolute Gasteiger partial charge is 0.265 e. The van der Waals surface area contributed by atoms with E-state index in [1.54, 1.807) is 0 Å². The number of nitrogens with two attached hydrogens (primary N) is 1. The second-order valence-corrected chi connectivity index (χ2v) is 7.46. The van der Waals surface area contributed by atoms with Crippen molar-refractivity contribution in [3.63, 3.8) is 0 Å². The average Bonchev–Trinajstić information content (AvgIpc) is 3.19. The second-order valence-electron chi connectivity index (χ2n) is 5.82. The summed E-state index contributed by atoms with van der Waals surface area (Å²) >= 11 is 6.63. The summed E-state index contributed by atoms with van der Waals surface area (Å²) in [7, 11) is 0. The first-order chi connectivity index (χ1) is 11.6. The van der Waals surface area contributed by atoms with Crippen LogP contribution in [0.5, 0.6) is 0 Å². The van der Waals surface area contributed by atoms with Crippen molar-refractivity contribution in [2.24, 2.45) is 0 Å². The molecule has 1 amide bonds. The molecular formula is C17H21N3O2S2. The Bertz CT molecular complexity index is 749. The van der Waals surface area contributed by atoms with Gasteiger partial charge in [0, 0.05) is 13.2 Å². The van der Waals surface area contributed by atoms with Crippen LogP contribution >= 0.6 is 23.6 Å². The summed E-state index contributed by atoms with van der Waals surface area (Å²) in [4.78, 5) is 12.9. The van der Waals surface area contributed by atoms with Crippen molar-refractivity contribution >= 4 is 35.3 Å². The number of hydrogen-bond donors (Lipinski definition) is 2. The van der Waals surface area contributed by atoms with Gasteiger partial charge in [0.1, 0.15) is 10.7 Å². The highest BCUT2D eigenvalue weighted by molar-refractivity contribution is 7.73. The molecule has 7 heteroatoms. The van der Waals surface area contributed by atoms with Gasteiger partial charge < -0.3 is 20.4 Å². The molecule has 0 aliphatic carbocycles. The van der Waals surface area contributed by atoms with Crippen molar-refractivity contribution in [3.05, 3.63) is 44.7 Å². The lowest BCUT2D eigenvalue weighted by molar-refractivity contribution is 0.0948. The Labute approximate surface area is 150 Å². The Morgan fingerprint density at radius 2 is 2.21 bits per heavy atom. The van der Waals surface area contributed by atoms with E-state index in [1.165, 1.54) is 16.9 Å². The van der Waals surface area contributed by atoms with Gasteiger partial charge in [-0.1, -0.05) is 41.7 Å². The van der Waals surface area contributed by atoms with E-state index in [9.17, 15) is 4.79 Å². The fraction of sp³-hybridized carbons (Fsp3) is 0.412. The monoisotopic (exact) mass is 363 g/mol. The largest absolute Gasteiger partial charge is 0.384 e. The number of nitrogen functional groups attached to an aromatic ring is 1. The Morgan fingerprint density at radius 1 is 1.42 bits per heavy atom. The van der Waals surface area contributed by atoms with Crippen LogP contribution in [-0.4, -0.2) is 29.7 Å². The summed E-state index contributed by atoms with van der Waals surface area (Å²) in [6.45, 7) is 1.98. The minimum atomic E-state index is -0.161. The summed E-state index contributed by atoms with van der Waals surface area (Å²) in [5, 5.41) is 2.92. The number of hydrogen-bond acceptors (Lipinski definition) is 5. The van der Waals surface area contributed by atoms with Gasteiger partial charge in [-0.25, -0.2) is 0 Å². The summed E-state index contributed by atoms with van der Waals surface area (Å²) in [5.41, 5.74) is 7.35. The lowest BCUT2D eigenvalue weighted by Gasteiger charge is -2.12. The lowest BCUT2D eigenvalue weighted by Crippen LogP contribution is -2.26. The lowest BCUT2D eigenvalue weighted by atomic mass is 10.1. The van der Waals surface area contributed by atoms with E-state index in [2.05, 4.69) is 5.32 Å². The van der Waals surface area contributed by atoms with Gasteiger partial charge in [-0.3, -0.25) is 4.79 Å². The summed E-state index contributed by atoms with van der Waals surface area (Å²) in [6, 6.07) is 10.1. The van der Waals surface area contributed by atoms with Gasteiger partial charge >= 0.3 is 0 Å². The first kappa shape index (κ1) is 17.1. The Hall–Kier alpha value is -1.70. The Kier molecular flexibility index (Phi) is 5.65. The van der Waals surface area contributed by atoms with E-state index in [1.807, 2.05) is 34.9 Å². The highest BCUT2D eigenvalue weighted by atomic mass is 32.1. The first-order valence-corrected chi connectivity index (χ1v) is 9.30. The molecule has 128 valence electrons. The molecule has 0 bridgehead atoms. The molecule has 5 nitrogen and oxygen atoms in total. The van der Waals surface area contributed by atoms with Crippen LogP contribution in [0.2, 0.25) is 0 Å². The van der Waals surface area contributed by atoms with Crippen molar-refractivity contribution < 1.29 is 9.53 Å². The molecule has 3 N–H and O–H groups in total. The molecule has 0 saturated carbocycles. The van der Waals surface area contributed by atoms with Gasteiger partial charge in [-0.2, -0.15) is 0 Å². The van der Waals surface area contributed by atoms with Crippen LogP contribution in [0.4, 0.5) is 5.82 Å². The van der Waals surface area contributed by atoms with Crippen LogP contribution < -0.4 is 11.1 Å². The molecule has 3 rings (SSSR count). The number of carbonyl (C=O) groups excluding carboxylic acids is 1. The highest BCUT2D eigenvalue weighted by Crippen LogP contribution is 2.24. The molecule has 1 saturated heterocycles. The van der Waals surface area contributed by atoms with Crippen LogP contribution in [0.3, 0.4) is 0 Å². The SMILES string of the molecule is Nc1c(C(=O)NCCc2ccccc2)sc(=S)n1C[C@H]1CCCO1. The molecule has 1 atom stereocenters.